The molecule has 0 amide bonds. The maximum Gasteiger partial charge on any atom is 0.126 e. The van der Waals surface area contributed by atoms with Gasteiger partial charge in [-0.05, 0) is 18.6 Å². The van der Waals surface area contributed by atoms with Gasteiger partial charge in [0.1, 0.15) is 24.7 Å². The molecule has 0 saturated carbocycles. The Bertz CT molecular complexity index is 601. The minimum Gasteiger partial charge on any atom is -0.491 e. The van der Waals surface area contributed by atoms with Gasteiger partial charge in [0.05, 0.1) is 26.4 Å². The number of ether oxygens (including phenoxy) is 5. The van der Waals surface area contributed by atoms with Crippen LogP contribution in [0.25, 0.3) is 0 Å². The monoisotopic (exact) mass is 358 g/mol. The lowest BCUT2D eigenvalue weighted by atomic mass is 10.2. The summed E-state index contributed by atoms with van der Waals surface area (Å²) in [6, 6.07) is 15.9. The van der Waals surface area contributed by atoms with Crippen molar-refractivity contribution in [3.8, 4) is 11.5 Å². The molecule has 0 bridgehead atoms. The standard InChI is InChI=1S/C21H26O5/c1-4-9-21-18(6-1)16-24-13-12-22-10-5-11-23-14-15-25-20-8-3-2-7-19(20)17-26-21/h1-4,6-9H,5,10-17H2. The van der Waals surface area contributed by atoms with E-state index < -0.39 is 0 Å². The zero-order valence-corrected chi connectivity index (χ0v) is 15.0. The summed E-state index contributed by atoms with van der Waals surface area (Å²) in [5, 5.41) is 0. The first-order valence-electron chi connectivity index (χ1n) is 9.08. The summed E-state index contributed by atoms with van der Waals surface area (Å²) in [5.41, 5.74) is 2.04. The van der Waals surface area contributed by atoms with Crippen LogP contribution in [-0.4, -0.2) is 39.6 Å². The van der Waals surface area contributed by atoms with E-state index in [9.17, 15) is 0 Å². The van der Waals surface area contributed by atoms with E-state index in [0.717, 1.165) is 29.0 Å². The summed E-state index contributed by atoms with van der Waals surface area (Å²) in [7, 11) is 0. The van der Waals surface area contributed by atoms with Crippen molar-refractivity contribution in [1.82, 2.24) is 0 Å². The molecule has 1 aliphatic heterocycles. The van der Waals surface area contributed by atoms with Crippen LogP contribution < -0.4 is 9.47 Å². The highest BCUT2D eigenvalue weighted by molar-refractivity contribution is 5.36. The smallest absolute Gasteiger partial charge is 0.126 e. The third-order valence-corrected chi connectivity index (χ3v) is 4.02. The number of hydrogen-bond acceptors (Lipinski definition) is 5. The van der Waals surface area contributed by atoms with Crippen LogP contribution >= 0.6 is 0 Å². The predicted molar refractivity (Wildman–Crippen MR) is 98.6 cm³/mol. The van der Waals surface area contributed by atoms with Crippen molar-refractivity contribution in [2.75, 3.05) is 39.6 Å². The van der Waals surface area contributed by atoms with Gasteiger partial charge in [0, 0.05) is 24.3 Å². The molecule has 3 rings (SSSR count). The number of rotatable bonds is 0. The van der Waals surface area contributed by atoms with Crippen LogP contribution in [0.15, 0.2) is 48.5 Å². The lowest BCUT2D eigenvalue weighted by Crippen LogP contribution is -2.12. The van der Waals surface area contributed by atoms with Crippen LogP contribution in [0, 0.1) is 0 Å². The highest BCUT2D eigenvalue weighted by Crippen LogP contribution is 2.23. The Kier molecular flexibility index (Phi) is 7.78. The summed E-state index contributed by atoms with van der Waals surface area (Å²) in [4.78, 5) is 0. The zero-order chi connectivity index (χ0) is 17.9. The summed E-state index contributed by atoms with van der Waals surface area (Å²) < 4.78 is 28.7. The Morgan fingerprint density at radius 3 is 1.85 bits per heavy atom. The van der Waals surface area contributed by atoms with Gasteiger partial charge >= 0.3 is 0 Å². The van der Waals surface area contributed by atoms with Crippen molar-refractivity contribution >= 4 is 0 Å². The summed E-state index contributed by atoms with van der Waals surface area (Å²) in [6.07, 6.45) is 0.868. The van der Waals surface area contributed by atoms with Crippen molar-refractivity contribution < 1.29 is 23.7 Å². The van der Waals surface area contributed by atoms with Crippen molar-refractivity contribution in [2.24, 2.45) is 0 Å². The van der Waals surface area contributed by atoms with Crippen molar-refractivity contribution in [3.63, 3.8) is 0 Å². The van der Waals surface area contributed by atoms with Gasteiger partial charge < -0.3 is 23.7 Å². The highest BCUT2D eigenvalue weighted by Gasteiger charge is 2.08. The second-order valence-electron chi connectivity index (χ2n) is 5.98. The molecule has 0 saturated heterocycles. The molecule has 5 heteroatoms. The molecule has 2 aromatic rings. The normalized spacial score (nSPS) is 17.5. The number of benzene rings is 2. The molecule has 0 fully saturated rings. The average Bonchev–Trinajstić information content (AvgIpc) is 2.68. The molecule has 0 atom stereocenters. The molecule has 5 nitrogen and oxygen atoms in total. The quantitative estimate of drug-likeness (QED) is 0.720. The van der Waals surface area contributed by atoms with Gasteiger partial charge in [-0.1, -0.05) is 36.4 Å². The molecule has 26 heavy (non-hydrogen) atoms. The summed E-state index contributed by atoms with van der Waals surface area (Å²) in [5.74, 6) is 1.65. The Hall–Kier alpha value is -2.08. The number of para-hydroxylation sites is 2. The second kappa shape index (κ2) is 10.8. The van der Waals surface area contributed by atoms with E-state index in [2.05, 4.69) is 0 Å². The second-order valence-corrected chi connectivity index (χ2v) is 5.98. The van der Waals surface area contributed by atoms with E-state index in [4.69, 9.17) is 23.7 Å². The zero-order valence-electron chi connectivity index (χ0n) is 15.0. The van der Waals surface area contributed by atoms with Gasteiger partial charge in [-0.2, -0.15) is 0 Å². The molecular formula is C21H26O5. The molecular weight excluding hydrogens is 332 g/mol. The first kappa shape index (κ1) is 18.7. The van der Waals surface area contributed by atoms with E-state index in [1.54, 1.807) is 0 Å². The number of fused-ring (bicyclic) bond motifs is 2. The Balaban J connectivity index is 1.68. The first-order valence-corrected chi connectivity index (χ1v) is 9.08. The molecule has 0 N–H and O–H groups in total. The van der Waals surface area contributed by atoms with E-state index in [0.29, 0.717) is 52.9 Å². The van der Waals surface area contributed by atoms with Crippen molar-refractivity contribution in [1.29, 1.82) is 0 Å². The molecule has 0 aliphatic carbocycles. The van der Waals surface area contributed by atoms with Crippen molar-refractivity contribution in [3.05, 3.63) is 59.7 Å². The van der Waals surface area contributed by atoms with E-state index in [1.807, 2.05) is 48.5 Å². The molecule has 1 heterocycles. The van der Waals surface area contributed by atoms with Gasteiger partial charge in [0.25, 0.3) is 0 Å². The maximum absolute atomic E-state index is 6.04. The molecule has 1 aliphatic rings. The molecule has 0 aromatic heterocycles. The molecule has 2 aromatic carbocycles. The Morgan fingerprint density at radius 2 is 1.08 bits per heavy atom. The van der Waals surface area contributed by atoms with Crippen molar-refractivity contribution in [2.45, 2.75) is 19.6 Å². The Labute approximate surface area is 154 Å². The fourth-order valence-corrected chi connectivity index (χ4v) is 2.66. The third-order valence-electron chi connectivity index (χ3n) is 4.02. The molecule has 0 radical (unpaired) electrons. The minimum atomic E-state index is 0.442. The van der Waals surface area contributed by atoms with Gasteiger partial charge in [-0.15, -0.1) is 0 Å². The van der Waals surface area contributed by atoms with E-state index >= 15 is 0 Å². The lowest BCUT2D eigenvalue weighted by Gasteiger charge is -2.15. The molecule has 0 unspecified atom stereocenters. The largest absolute Gasteiger partial charge is 0.491 e. The lowest BCUT2D eigenvalue weighted by molar-refractivity contribution is 0.0266. The minimum absolute atomic E-state index is 0.442. The van der Waals surface area contributed by atoms with Crippen LogP contribution in [0.2, 0.25) is 0 Å². The SMILES string of the molecule is c1ccc2c(c1)COCCOCCCOCCOc1ccccc1CO2. The van der Waals surface area contributed by atoms with Crippen LogP contribution in [0.3, 0.4) is 0 Å². The number of hydrogen-bond donors (Lipinski definition) is 0. The molecule has 0 spiro atoms. The van der Waals surface area contributed by atoms with Gasteiger partial charge in [0.15, 0.2) is 0 Å². The average molecular weight is 358 g/mol. The first-order chi connectivity index (χ1) is 12.9. The van der Waals surface area contributed by atoms with E-state index in [1.165, 1.54) is 0 Å². The van der Waals surface area contributed by atoms with Crippen LogP contribution in [-0.2, 0) is 27.4 Å². The van der Waals surface area contributed by atoms with Crippen LogP contribution in [0.4, 0.5) is 0 Å². The van der Waals surface area contributed by atoms with E-state index in [-0.39, 0.29) is 0 Å². The van der Waals surface area contributed by atoms with Crippen LogP contribution in [0.5, 0.6) is 11.5 Å². The van der Waals surface area contributed by atoms with Gasteiger partial charge in [-0.25, -0.2) is 0 Å². The summed E-state index contributed by atoms with van der Waals surface area (Å²) >= 11 is 0. The fourth-order valence-electron chi connectivity index (χ4n) is 2.66. The third kappa shape index (κ3) is 6.02. The fraction of sp³-hybridized carbons (Fsp3) is 0.429. The maximum atomic E-state index is 6.04. The van der Waals surface area contributed by atoms with Gasteiger partial charge in [0.2, 0.25) is 0 Å². The predicted octanol–water partition coefficient (Wildman–Crippen LogP) is 3.60. The molecule has 140 valence electrons. The Morgan fingerprint density at radius 1 is 0.500 bits per heavy atom. The highest BCUT2D eigenvalue weighted by atomic mass is 16.5. The summed E-state index contributed by atoms with van der Waals surface area (Å²) in [6.45, 7) is 4.50. The topological polar surface area (TPSA) is 46.2 Å². The van der Waals surface area contributed by atoms with Crippen LogP contribution in [0.1, 0.15) is 17.5 Å². The van der Waals surface area contributed by atoms with Gasteiger partial charge in [-0.3, -0.25) is 0 Å².